The number of nitrogens with one attached hydrogen (secondary N) is 1. The van der Waals surface area contributed by atoms with E-state index >= 15 is 0 Å². The predicted octanol–water partition coefficient (Wildman–Crippen LogP) is -0.740. The fraction of sp³-hybridized carbons (Fsp3) is 0.667. The molecule has 1 saturated heterocycles. The predicted molar refractivity (Wildman–Crippen MR) is 53.8 cm³/mol. The minimum atomic E-state index is -0.696. The Balaban J connectivity index is 2.00. The average Bonchev–Trinajstić information content (AvgIpc) is 2.84. The monoisotopic (exact) mass is 226 g/mol. The van der Waals surface area contributed by atoms with Crippen LogP contribution in [0.3, 0.4) is 0 Å². The number of amides is 1. The first-order valence-corrected chi connectivity index (χ1v) is 5.06. The Kier molecular flexibility index (Phi) is 3.16. The first-order chi connectivity index (χ1) is 7.70. The summed E-state index contributed by atoms with van der Waals surface area (Å²) < 4.78 is 10.2. The van der Waals surface area contributed by atoms with Crippen molar-refractivity contribution in [1.29, 1.82) is 0 Å². The molecule has 0 radical (unpaired) electrons. The molecule has 0 saturated carbocycles. The molecule has 3 N–H and O–H groups in total. The fourth-order valence-electron chi connectivity index (χ4n) is 1.83. The number of nitrogens with zero attached hydrogens (tertiary/aromatic N) is 2. The highest BCUT2D eigenvalue weighted by Gasteiger charge is 2.29. The smallest absolute Gasteiger partial charge is 0.306 e. The van der Waals surface area contributed by atoms with Crippen LogP contribution in [0.5, 0.6) is 0 Å². The van der Waals surface area contributed by atoms with E-state index in [1.54, 1.807) is 7.11 Å². The molecule has 0 spiro atoms. The van der Waals surface area contributed by atoms with Crippen molar-refractivity contribution < 1.29 is 13.9 Å². The van der Waals surface area contributed by atoms with Crippen molar-refractivity contribution in [2.24, 2.45) is 5.73 Å². The van der Waals surface area contributed by atoms with Crippen LogP contribution in [0.25, 0.3) is 0 Å². The summed E-state index contributed by atoms with van der Waals surface area (Å²) in [5.41, 5.74) is 5.03. The topological polar surface area (TPSA) is 103 Å². The summed E-state index contributed by atoms with van der Waals surface area (Å²) in [5.74, 6) is -0.246. The van der Waals surface area contributed by atoms with Crippen LogP contribution >= 0.6 is 0 Å². The Labute approximate surface area is 92.3 Å². The summed E-state index contributed by atoms with van der Waals surface area (Å²) in [4.78, 5) is 10.8. The van der Waals surface area contributed by atoms with Gasteiger partial charge in [0.1, 0.15) is 0 Å². The van der Waals surface area contributed by atoms with Crippen molar-refractivity contribution in [2.75, 3.05) is 20.3 Å². The summed E-state index contributed by atoms with van der Waals surface area (Å²) in [6.45, 7) is 1.39. The second-order valence-electron chi connectivity index (χ2n) is 3.80. The molecular formula is C9H14N4O3. The number of methoxy groups -OCH3 is 1. The SMILES string of the molecule is COCC1CC(c2nnc(C(N)=O)o2)CN1. The zero-order valence-electron chi connectivity index (χ0n) is 8.97. The van der Waals surface area contributed by atoms with Gasteiger partial charge in [-0.2, -0.15) is 0 Å². The summed E-state index contributed by atoms with van der Waals surface area (Å²) in [7, 11) is 1.66. The number of carbonyl (C=O) groups is 1. The standard InChI is InChI=1S/C9H14N4O3/c1-15-4-6-2-5(3-11-6)8-12-13-9(16-8)7(10)14/h5-6,11H,2-4H2,1H3,(H2,10,14). The summed E-state index contributed by atoms with van der Waals surface area (Å²) in [6, 6.07) is 0.291. The number of hydrogen-bond acceptors (Lipinski definition) is 6. The van der Waals surface area contributed by atoms with Crippen molar-refractivity contribution in [1.82, 2.24) is 15.5 Å². The minimum absolute atomic E-state index is 0.126. The van der Waals surface area contributed by atoms with Crippen molar-refractivity contribution >= 4 is 5.91 Å². The number of nitrogens with two attached hydrogens (primary N) is 1. The quantitative estimate of drug-likeness (QED) is 0.700. The fourth-order valence-corrected chi connectivity index (χ4v) is 1.83. The first kappa shape index (κ1) is 11.0. The van der Waals surface area contributed by atoms with Crippen molar-refractivity contribution in [3.8, 4) is 0 Å². The van der Waals surface area contributed by atoms with Gasteiger partial charge >= 0.3 is 11.8 Å². The second kappa shape index (κ2) is 4.58. The molecule has 1 fully saturated rings. The molecular weight excluding hydrogens is 212 g/mol. The Morgan fingerprint density at radius 3 is 3.12 bits per heavy atom. The van der Waals surface area contributed by atoms with Gasteiger partial charge in [0.25, 0.3) is 0 Å². The van der Waals surface area contributed by atoms with Crippen molar-refractivity contribution in [3.63, 3.8) is 0 Å². The van der Waals surface area contributed by atoms with Crippen LogP contribution in [0, 0.1) is 0 Å². The Hall–Kier alpha value is -1.47. The van der Waals surface area contributed by atoms with E-state index in [-0.39, 0.29) is 11.8 Å². The van der Waals surface area contributed by atoms with Crippen LogP contribution in [0.15, 0.2) is 4.42 Å². The highest BCUT2D eigenvalue weighted by atomic mass is 16.5. The minimum Gasteiger partial charge on any atom is -0.417 e. The average molecular weight is 226 g/mol. The van der Waals surface area contributed by atoms with E-state index in [4.69, 9.17) is 14.9 Å². The van der Waals surface area contributed by atoms with Gasteiger partial charge in [0.2, 0.25) is 5.89 Å². The van der Waals surface area contributed by atoms with E-state index in [0.717, 1.165) is 13.0 Å². The second-order valence-corrected chi connectivity index (χ2v) is 3.80. The summed E-state index contributed by atoms with van der Waals surface area (Å²) in [5, 5.41) is 10.7. The molecule has 2 heterocycles. The van der Waals surface area contributed by atoms with E-state index in [2.05, 4.69) is 15.5 Å². The first-order valence-electron chi connectivity index (χ1n) is 5.06. The van der Waals surface area contributed by atoms with E-state index in [0.29, 0.717) is 18.5 Å². The van der Waals surface area contributed by atoms with Crippen LogP contribution in [0.4, 0.5) is 0 Å². The van der Waals surface area contributed by atoms with Crippen LogP contribution in [-0.4, -0.2) is 42.4 Å². The highest BCUT2D eigenvalue weighted by Crippen LogP contribution is 2.24. The molecule has 0 bridgehead atoms. The van der Waals surface area contributed by atoms with E-state index in [9.17, 15) is 4.79 Å². The Morgan fingerprint density at radius 1 is 1.69 bits per heavy atom. The van der Waals surface area contributed by atoms with Crippen LogP contribution < -0.4 is 11.1 Å². The molecule has 2 atom stereocenters. The summed E-state index contributed by atoms with van der Waals surface area (Å²) in [6.07, 6.45) is 0.855. The molecule has 7 heteroatoms. The van der Waals surface area contributed by atoms with Crippen molar-refractivity contribution in [2.45, 2.75) is 18.4 Å². The van der Waals surface area contributed by atoms with Gasteiger partial charge in [-0.15, -0.1) is 10.2 Å². The van der Waals surface area contributed by atoms with Crippen LogP contribution in [0.2, 0.25) is 0 Å². The van der Waals surface area contributed by atoms with Gasteiger partial charge in [-0.05, 0) is 6.42 Å². The molecule has 88 valence electrons. The zero-order valence-corrected chi connectivity index (χ0v) is 8.97. The number of ether oxygens (including phenoxy) is 1. The van der Waals surface area contributed by atoms with Gasteiger partial charge in [0.05, 0.1) is 12.5 Å². The Morgan fingerprint density at radius 2 is 2.50 bits per heavy atom. The third-order valence-electron chi connectivity index (χ3n) is 2.59. The number of hydrogen-bond donors (Lipinski definition) is 2. The lowest BCUT2D eigenvalue weighted by Crippen LogP contribution is -2.25. The normalized spacial score (nSPS) is 24.8. The van der Waals surface area contributed by atoms with Crippen LogP contribution in [-0.2, 0) is 4.74 Å². The van der Waals surface area contributed by atoms with Gasteiger partial charge in [-0.3, -0.25) is 4.79 Å². The third kappa shape index (κ3) is 2.20. The molecule has 1 aromatic rings. The number of aromatic nitrogens is 2. The van der Waals surface area contributed by atoms with Gasteiger partial charge in [0.15, 0.2) is 0 Å². The third-order valence-corrected chi connectivity index (χ3v) is 2.59. The maximum absolute atomic E-state index is 10.8. The summed E-state index contributed by atoms with van der Waals surface area (Å²) >= 11 is 0. The van der Waals surface area contributed by atoms with Gasteiger partial charge < -0.3 is 20.2 Å². The molecule has 7 nitrogen and oxygen atoms in total. The number of rotatable bonds is 4. The lowest BCUT2D eigenvalue weighted by Gasteiger charge is -2.06. The molecule has 16 heavy (non-hydrogen) atoms. The molecule has 1 aromatic heterocycles. The van der Waals surface area contributed by atoms with Gasteiger partial charge in [-0.1, -0.05) is 0 Å². The maximum Gasteiger partial charge on any atom is 0.306 e. The Bertz CT molecular complexity index is 379. The van der Waals surface area contributed by atoms with Gasteiger partial charge in [-0.25, -0.2) is 0 Å². The molecule has 0 aliphatic carbocycles. The lowest BCUT2D eigenvalue weighted by molar-refractivity contribution is 0.0965. The molecule has 1 amide bonds. The lowest BCUT2D eigenvalue weighted by atomic mass is 10.1. The van der Waals surface area contributed by atoms with Crippen molar-refractivity contribution in [3.05, 3.63) is 11.8 Å². The molecule has 2 rings (SSSR count). The zero-order chi connectivity index (χ0) is 11.5. The molecule has 0 aromatic carbocycles. The molecule has 1 aliphatic heterocycles. The van der Waals surface area contributed by atoms with Gasteiger partial charge in [0, 0.05) is 19.7 Å². The van der Waals surface area contributed by atoms with E-state index < -0.39 is 5.91 Å². The maximum atomic E-state index is 10.8. The largest absolute Gasteiger partial charge is 0.417 e. The number of primary amides is 1. The van der Waals surface area contributed by atoms with E-state index in [1.165, 1.54) is 0 Å². The molecule has 1 aliphatic rings. The van der Waals surface area contributed by atoms with E-state index in [1.807, 2.05) is 0 Å². The highest BCUT2D eigenvalue weighted by molar-refractivity contribution is 5.87. The number of carbonyl (C=O) groups excluding carboxylic acids is 1. The van der Waals surface area contributed by atoms with Crippen LogP contribution in [0.1, 0.15) is 28.9 Å². The molecule has 2 unspecified atom stereocenters.